The zero-order valence-electron chi connectivity index (χ0n) is 16.0. The van der Waals surface area contributed by atoms with Gasteiger partial charge in [0.1, 0.15) is 5.60 Å². The average molecular weight is 396 g/mol. The minimum atomic E-state index is -0.718. The van der Waals surface area contributed by atoms with E-state index >= 15 is 0 Å². The highest BCUT2D eigenvalue weighted by atomic mass is 35.5. The molecule has 5 nitrogen and oxygen atoms in total. The maximum atomic E-state index is 12.5. The number of ether oxygens (including phenoxy) is 1. The minimum absolute atomic E-state index is 0.164. The maximum Gasteiger partial charge on any atom is 0.255 e. The predicted octanol–water partition coefficient (Wildman–Crippen LogP) is 5.19. The number of pyridine rings is 1. The van der Waals surface area contributed by atoms with Crippen molar-refractivity contribution in [3.8, 4) is 5.75 Å². The molecule has 0 fully saturated rings. The molecule has 28 heavy (non-hydrogen) atoms. The number of nitrogens with zero attached hydrogens (tertiary/aromatic N) is 1. The van der Waals surface area contributed by atoms with Gasteiger partial charge >= 0.3 is 0 Å². The highest BCUT2D eigenvalue weighted by Gasteiger charge is 2.24. The highest BCUT2D eigenvalue weighted by molar-refractivity contribution is 6.30. The Hall–Kier alpha value is -3.05. The van der Waals surface area contributed by atoms with E-state index < -0.39 is 5.60 Å². The number of nitrogens with two attached hydrogens (primary N) is 1. The van der Waals surface area contributed by atoms with Gasteiger partial charge in [-0.1, -0.05) is 41.4 Å². The molecule has 3 aromatic rings. The topological polar surface area (TPSA) is 77.2 Å². The number of nitrogens with one attached hydrogen (secondary N) is 1. The van der Waals surface area contributed by atoms with E-state index in [0.29, 0.717) is 22.0 Å². The van der Waals surface area contributed by atoms with Crippen LogP contribution >= 0.6 is 11.6 Å². The number of benzene rings is 2. The molecule has 0 atom stereocenters. The number of nitrogen functional groups attached to an aromatic ring is 1. The molecule has 0 aliphatic carbocycles. The summed E-state index contributed by atoms with van der Waals surface area (Å²) in [4.78, 5) is 16.5. The molecule has 1 amide bonds. The average Bonchev–Trinajstić information content (AvgIpc) is 2.65. The first-order chi connectivity index (χ1) is 13.2. The van der Waals surface area contributed by atoms with E-state index in [1.807, 2.05) is 63.2 Å². The number of anilines is 2. The van der Waals surface area contributed by atoms with Gasteiger partial charge < -0.3 is 15.8 Å². The molecule has 0 aliphatic heterocycles. The van der Waals surface area contributed by atoms with Crippen LogP contribution in [0.2, 0.25) is 5.02 Å². The van der Waals surface area contributed by atoms with E-state index in [9.17, 15) is 4.79 Å². The first-order valence-corrected chi connectivity index (χ1v) is 9.21. The molecule has 0 radical (unpaired) electrons. The van der Waals surface area contributed by atoms with Crippen LogP contribution in [0.3, 0.4) is 0 Å². The molecule has 3 rings (SSSR count). The first-order valence-electron chi connectivity index (χ1n) is 8.83. The van der Waals surface area contributed by atoms with Crippen molar-refractivity contribution in [2.24, 2.45) is 0 Å². The Labute approximate surface area is 169 Å². The fourth-order valence-corrected chi connectivity index (χ4v) is 2.96. The van der Waals surface area contributed by atoms with Crippen LogP contribution < -0.4 is 15.8 Å². The summed E-state index contributed by atoms with van der Waals surface area (Å²) in [5, 5.41) is 3.37. The van der Waals surface area contributed by atoms with Gasteiger partial charge in [0.05, 0.1) is 5.02 Å². The van der Waals surface area contributed by atoms with Gasteiger partial charge in [0.25, 0.3) is 5.91 Å². The smallest absolute Gasteiger partial charge is 0.255 e. The molecule has 0 unspecified atom stereocenters. The number of rotatable bonds is 5. The Morgan fingerprint density at radius 3 is 2.64 bits per heavy atom. The standard InChI is InChI=1S/C22H22ClN3O2/c1-14-6-4-7-15(10-14)21(27)26-18-9-5-8-16(11-18)22(2,3)28-19-12-17(23)13-25-20(19)24/h4-13H,1-3H3,(H2,24,25)(H,26,27). The maximum absolute atomic E-state index is 12.5. The van der Waals surface area contributed by atoms with E-state index in [2.05, 4.69) is 10.3 Å². The number of amides is 1. The number of aryl methyl sites for hydroxylation is 1. The van der Waals surface area contributed by atoms with Crippen molar-refractivity contribution < 1.29 is 9.53 Å². The number of halogens is 1. The van der Waals surface area contributed by atoms with Crippen LogP contribution in [0.4, 0.5) is 11.5 Å². The van der Waals surface area contributed by atoms with Crippen LogP contribution in [-0.4, -0.2) is 10.9 Å². The molecular weight excluding hydrogens is 374 g/mol. The van der Waals surface area contributed by atoms with Gasteiger partial charge in [-0.2, -0.15) is 0 Å². The summed E-state index contributed by atoms with van der Waals surface area (Å²) < 4.78 is 6.08. The molecule has 6 heteroatoms. The quantitative estimate of drug-likeness (QED) is 0.623. The first kappa shape index (κ1) is 19.7. The van der Waals surface area contributed by atoms with E-state index in [-0.39, 0.29) is 11.7 Å². The number of aromatic nitrogens is 1. The van der Waals surface area contributed by atoms with Gasteiger partial charge in [-0.3, -0.25) is 4.79 Å². The van der Waals surface area contributed by atoms with Crippen LogP contribution in [0.15, 0.2) is 60.8 Å². The van der Waals surface area contributed by atoms with E-state index in [0.717, 1.165) is 11.1 Å². The third kappa shape index (κ3) is 4.61. The summed E-state index contributed by atoms with van der Waals surface area (Å²) in [5.41, 5.74) is 8.37. The summed E-state index contributed by atoms with van der Waals surface area (Å²) in [7, 11) is 0. The zero-order chi connectivity index (χ0) is 20.3. The molecule has 3 N–H and O–H groups in total. The van der Waals surface area contributed by atoms with Gasteiger partial charge in [-0.05, 0) is 50.6 Å². The molecule has 0 saturated heterocycles. The van der Waals surface area contributed by atoms with Gasteiger partial charge in [-0.15, -0.1) is 0 Å². The predicted molar refractivity (Wildman–Crippen MR) is 113 cm³/mol. The van der Waals surface area contributed by atoms with Crippen molar-refractivity contribution in [3.05, 3.63) is 82.5 Å². The summed E-state index contributed by atoms with van der Waals surface area (Å²) in [5.74, 6) is 0.510. The van der Waals surface area contributed by atoms with E-state index in [1.54, 1.807) is 12.1 Å². The third-order valence-corrected chi connectivity index (χ3v) is 4.52. The normalized spacial score (nSPS) is 11.1. The van der Waals surface area contributed by atoms with Crippen molar-refractivity contribution in [3.63, 3.8) is 0 Å². The van der Waals surface area contributed by atoms with Crippen molar-refractivity contribution >= 4 is 29.0 Å². The molecular formula is C22H22ClN3O2. The van der Waals surface area contributed by atoms with Crippen molar-refractivity contribution in [1.82, 2.24) is 4.98 Å². The Morgan fingerprint density at radius 1 is 1.14 bits per heavy atom. The van der Waals surface area contributed by atoms with Gasteiger partial charge in [0, 0.05) is 23.5 Å². The second-order valence-electron chi connectivity index (χ2n) is 7.05. The van der Waals surface area contributed by atoms with Crippen LogP contribution in [0.5, 0.6) is 5.75 Å². The summed E-state index contributed by atoms with van der Waals surface area (Å²) >= 11 is 6.00. The highest BCUT2D eigenvalue weighted by Crippen LogP contribution is 2.33. The second kappa shape index (κ2) is 7.90. The van der Waals surface area contributed by atoms with Crippen molar-refractivity contribution in [2.45, 2.75) is 26.4 Å². The second-order valence-corrected chi connectivity index (χ2v) is 7.49. The third-order valence-electron chi connectivity index (χ3n) is 4.31. The summed E-state index contributed by atoms with van der Waals surface area (Å²) in [6, 6.07) is 16.6. The van der Waals surface area contributed by atoms with Crippen LogP contribution in [0.25, 0.3) is 0 Å². The molecule has 0 aliphatic rings. The Morgan fingerprint density at radius 2 is 1.89 bits per heavy atom. The molecule has 2 aromatic carbocycles. The number of hydrogen-bond donors (Lipinski definition) is 2. The van der Waals surface area contributed by atoms with Gasteiger partial charge in [-0.25, -0.2) is 4.98 Å². The fourth-order valence-electron chi connectivity index (χ4n) is 2.81. The van der Waals surface area contributed by atoms with Gasteiger partial charge in [0.15, 0.2) is 11.6 Å². The minimum Gasteiger partial charge on any atom is -0.479 e. The van der Waals surface area contributed by atoms with Gasteiger partial charge in [0.2, 0.25) is 0 Å². The lowest BCUT2D eigenvalue weighted by Gasteiger charge is -2.28. The lowest BCUT2D eigenvalue weighted by Crippen LogP contribution is -2.26. The molecule has 1 heterocycles. The number of carbonyl (C=O) groups is 1. The monoisotopic (exact) mass is 395 g/mol. The Balaban J connectivity index is 1.81. The summed E-state index contributed by atoms with van der Waals surface area (Å²) in [6.45, 7) is 5.78. The van der Waals surface area contributed by atoms with Crippen LogP contribution in [0, 0.1) is 6.92 Å². The molecule has 144 valence electrons. The lowest BCUT2D eigenvalue weighted by molar-refractivity contribution is 0.102. The molecule has 0 bridgehead atoms. The molecule has 1 aromatic heterocycles. The van der Waals surface area contributed by atoms with E-state index in [1.165, 1.54) is 6.20 Å². The largest absolute Gasteiger partial charge is 0.479 e. The number of hydrogen-bond acceptors (Lipinski definition) is 4. The fraction of sp³-hybridized carbons (Fsp3) is 0.182. The molecule has 0 saturated carbocycles. The number of carbonyl (C=O) groups excluding carboxylic acids is 1. The molecule has 0 spiro atoms. The Kier molecular flexibility index (Phi) is 5.56. The van der Waals surface area contributed by atoms with E-state index in [4.69, 9.17) is 22.1 Å². The van der Waals surface area contributed by atoms with Crippen molar-refractivity contribution in [1.29, 1.82) is 0 Å². The Bertz CT molecular complexity index is 1020. The lowest BCUT2D eigenvalue weighted by atomic mass is 9.97. The van der Waals surface area contributed by atoms with Crippen molar-refractivity contribution in [2.75, 3.05) is 11.1 Å². The summed E-state index contributed by atoms with van der Waals surface area (Å²) in [6.07, 6.45) is 1.47. The zero-order valence-corrected chi connectivity index (χ0v) is 16.7. The SMILES string of the molecule is Cc1cccc(C(=O)Nc2cccc(C(C)(C)Oc3cc(Cl)cnc3N)c2)c1. The van der Waals surface area contributed by atoms with Crippen LogP contribution in [0.1, 0.15) is 35.3 Å². The van der Waals surface area contributed by atoms with Crippen LogP contribution in [-0.2, 0) is 5.60 Å².